The summed E-state index contributed by atoms with van der Waals surface area (Å²) in [6, 6.07) is 18.1. The molecule has 0 bridgehead atoms. The predicted molar refractivity (Wildman–Crippen MR) is 110 cm³/mol. The maximum absolute atomic E-state index is 11.5. The highest BCUT2D eigenvalue weighted by Crippen LogP contribution is 2.30. The molecule has 4 nitrogen and oxygen atoms in total. The minimum absolute atomic E-state index is 0.405. The van der Waals surface area contributed by atoms with Gasteiger partial charge in [-0.05, 0) is 86.0 Å². The van der Waals surface area contributed by atoms with Gasteiger partial charge >= 0.3 is 0 Å². The van der Waals surface area contributed by atoms with Crippen LogP contribution in [-0.2, 0) is 6.42 Å². The number of rotatable bonds is 7. The number of ether oxygens (including phenoxy) is 1. The first-order valence-electron chi connectivity index (χ1n) is 9.39. The summed E-state index contributed by atoms with van der Waals surface area (Å²) in [4.78, 5) is 11.5. The van der Waals surface area contributed by atoms with Crippen LogP contribution in [0, 0.1) is 6.92 Å². The Balaban J connectivity index is 2.11. The van der Waals surface area contributed by atoms with E-state index in [0.717, 1.165) is 41.1 Å². The van der Waals surface area contributed by atoms with E-state index in [2.05, 4.69) is 35.8 Å². The van der Waals surface area contributed by atoms with E-state index in [1.807, 2.05) is 38.1 Å². The molecule has 140 valence electrons. The molecule has 1 aromatic heterocycles. The Hall–Kier alpha value is -3.01. The fraction of sp³-hybridized carbons (Fsp3) is 0.261. The van der Waals surface area contributed by atoms with Crippen molar-refractivity contribution in [3.8, 4) is 22.7 Å². The Kier molecular flexibility index (Phi) is 5.65. The number of hydrogen-bond acceptors (Lipinski definition) is 2. The van der Waals surface area contributed by atoms with Gasteiger partial charge in [0.2, 0.25) is 5.91 Å². The van der Waals surface area contributed by atoms with Crippen molar-refractivity contribution in [2.45, 2.75) is 33.6 Å². The molecule has 3 aromatic rings. The normalized spacial score (nSPS) is 10.8. The van der Waals surface area contributed by atoms with Crippen LogP contribution in [0.1, 0.15) is 41.9 Å². The maximum Gasteiger partial charge on any atom is 0.248 e. The number of amides is 1. The number of hydrogen-bond donors (Lipinski definition) is 1. The van der Waals surface area contributed by atoms with Crippen LogP contribution in [0.3, 0.4) is 0 Å². The molecule has 0 aliphatic rings. The summed E-state index contributed by atoms with van der Waals surface area (Å²) in [7, 11) is 0. The standard InChI is InChI=1S/C23H26N2O2/c1-4-6-19-10-14-22(17-7-11-20(12-8-17)27-5-2)25(19)21-13-9-18(23(24)26)15-16(21)3/h7-15H,4-6H2,1-3H3,(H2,24,26). The third-order valence-corrected chi connectivity index (χ3v) is 4.65. The van der Waals surface area contributed by atoms with E-state index in [1.165, 1.54) is 5.69 Å². The van der Waals surface area contributed by atoms with Gasteiger partial charge in [-0.1, -0.05) is 13.3 Å². The molecule has 1 heterocycles. The zero-order valence-electron chi connectivity index (χ0n) is 16.2. The highest BCUT2D eigenvalue weighted by Gasteiger charge is 2.14. The molecular weight excluding hydrogens is 336 g/mol. The molecule has 0 spiro atoms. The molecule has 27 heavy (non-hydrogen) atoms. The highest BCUT2D eigenvalue weighted by molar-refractivity contribution is 5.93. The summed E-state index contributed by atoms with van der Waals surface area (Å²) in [6.07, 6.45) is 2.04. The van der Waals surface area contributed by atoms with Gasteiger partial charge in [-0.2, -0.15) is 0 Å². The van der Waals surface area contributed by atoms with E-state index in [9.17, 15) is 4.79 Å². The van der Waals surface area contributed by atoms with Crippen LogP contribution in [0.2, 0.25) is 0 Å². The van der Waals surface area contributed by atoms with E-state index in [4.69, 9.17) is 10.5 Å². The minimum atomic E-state index is -0.405. The van der Waals surface area contributed by atoms with Gasteiger partial charge in [0.15, 0.2) is 0 Å². The Morgan fingerprint density at radius 2 is 1.78 bits per heavy atom. The van der Waals surface area contributed by atoms with E-state index in [1.54, 1.807) is 6.07 Å². The number of carbonyl (C=O) groups excluding carboxylic acids is 1. The van der Waals surface area contributed by atoms with Crippen LogP contribution >= 0.6 is 0 Å². The van der Waals surface area contributed by atoms with Gasteiger partial charge in [-0.25, -0.2) is 0 Å². The summed E-state index contributed by atoms with van der Waals surface area (Å²) in [5.41, 5.74) is 11.5. The lowest BCUT2D eigenvalue weighted by molar-refractivity contribution is 0.1000. The average Bonchev–Trinajstić information content (AvgIpc) is 3.06. The first kappa shape index (κ1) is 18.8. The molecule has 0 saturated heterocycles. The number of nitrogens with zero attached hydrogens (tertiary/aromatic N) is 1. The Bertz CT molecular complexity index is 940. The van der Waals surface area contributed by atoms with Crippen LogP contribution < -0.4 is 10.5 Å². The Morgan fingerprint density at radius 1 is 1.04 bits per heavy atom. The molecule has 3 rings (SSSR count). The number of aromatic nitrogens is 1. The van der Waals surface area contributed by atoms with Crippen molar-refractivity contribution in [1.29, 1.82) is 0 Å². The zero-order chi connectivity index (χ0) is 19.4. The molecule has 4 heteroatoms. The number of carbonyl (C=O) groups is 1. The molecular formula is C23H26N2O2. The third kappa shape index (κ3) is 3.90. The molecule has 0 aliphatic heterocycles. The first-order valence-corrected chi connectivity index (χ1v) is 9.39. The van der Waals surface area contributed by atoms with Gasteiger partial charge in [-0.15, -0.1) is 0 Å². The average molecular weight is 362 g/mol. The fourth-order valence-electron chi connectivity index (χ4n) is 3.39. The van der Waals surface area contributed by atoms with E-state index < -0.39 is 5.91 Å². The lowest BCUT2D eigenvalue weighted by atomic mass is 10.1. The van der Waals surface area contributed by atoms with Crippen molar-refractivity contribution >= 4 is 5.91 Å². The van der Waals surface area contributed by atoms with E-state index in [0.29, 0.717) is 12.2 Å². The number of aryl methyl sites for hydroxylation is 2. The number of nitrogens with two attached hydrogens (primary N) is 1. The Labute approximate surface area is 160 Å². The third-order valence-electron chi connectivity index (χ3n) is 4.65. The van der Waals surface area contributed by atoms with Gasteiger partial charge in [0.25, 0.3) is 0 Å². The first-order chi connectivity index (χ1) is 13.0. The summed E-state index contributed by atoms with van der Waals surface area (Å²) in [5.74, 6) is 0.466. The molecule has 0 atom stereocenters. The Morgan fingerprint density at radius 3 is 2.37 bits per heavy atom. The molecule has 0 unspecified atom stereocenters. The largest absolute Gasteiger partial charge is 0.494 e. The highest BCUT2D eigenvalue weighted by atomic mass is 16.5. The lowest BCUT2D eigenvalue weighted by Gasteiger charge is -2.17. The zero-order valence-corrected chi connectivity index (χ0v) is 16.2. The second-order valence-corrected chi connectivity index (χ2v) is 6.62. The van der Waals surface area contributed by atoms with Gasteiger partial charge in [0.05, 0.1) is 12.3 Å². The minimum Gasteiger partial charge on any atom is -0.494 e. The predicted octanol–water partition coefficient (Wildman–Crippen LogP) is 4.90. The van der Waals surface area contributed by atoms with E-state index >= 15 is 0 Å². The summed E-state index contributed by atoms with van der Waals surface area (Å²) < 4.78 is 7.84. The maximum atomic E-state index is 11.5. The van der Waals surface area contributed by atoms with E-state index in [-0.39, 0.29) is 0 Å². The van der Waals surface area contributed by atoms with Gasteiger partial charge in [0, 0.05) is 16.9 Å². The molecule has 1 amide bonds. The summed E-state index contributed by atoms with van der Waals surface area (Å²) in [5, 5.41) is 0. The molecule has 0 fully saturated rings. The second kappa shape index (κ2) is 8.12. The topological polar surface area (TPSA) is 57.2 Å². The molecule has 2 aromatic carbocycles. The molecule has 0 radical (unpaired) electrons. The SMILES string of the molecule is CCCc1ccc(-c2ccc(OCC)cc2)n1-c1ccc(C(N)=O)cc1C. The number of primary amides is 1. The van der Waals surface area contributed by atoms with Crippen molar-refractivity contribution in [3.05, 3.63) is 71.4 Å². The monoisotopic (exact) mass is 362 g/mol. The van der Waals surface area contributed by atoms with Crippen molar-refractivity contribution in [2.24, 2.45) is 5.73 Å². The number of benzene rings is 2. The van der Waals surface area contributed by atoms with Crippen molar-refractivity contribution < 1.29 is 9.53 Å². The van der Waals surface area contributed by atoms with Crippen LogP contribution in [0.15, 0.2) is 54.6 Å². The van der Waals surface area contributed by atoms with Crippen molar-refractivity contribution in [2.75, 3.05) is 6.61 Å². The summed E-state index contributed by atoms with van der Waals surface area (Å²) in [6.45, 7) is 6.83. The van der Waals surface area contributed by atoms with Crippen LogP contribution in [0.25, 0.3) is 16.9 Å². The lowest BCUT2D eigenvalue weighted by Crippen LogP contribution is -2.12. The van der Waals surface area contributed by atoms with Crippen LogP contribution in [-0.4, -0.2) is 17.1 Å². The molecule has 0 aliphatic carbocycles. The van der Waals surface area contributed by atoms with Crippen LogP contribution in [0.4, 0.5) is 0 Å². The quantitative estimate of drug-likeness (QED) is 0.650. The summed E-state index contributed by atoms with van der Waals surface area (Å²) >= 11 is 0. The smallest absolute Gasteiger partial charge is 0.248 e. The van der Waals surface area contributed by atoms with Crippen molar-refractivity contribution in [3.63, 3.8) is 0 Å². The van der Waals surface area contributed by atoms with Crippen molar-refractivity contribution in [1.82, 2.24) is 4.57 Å². The second-order valence-electron chi connectivity index (χ2n) is 6.62. The molecule has 2 N–H and O–H groups in total. The van der Waals surface area contributed by atoms with Crippen LogP contribution in [0.5, 0.6) is 5.75 Å². The van der Waals surface area contributed by atoms with Gasteiger partial charge in [0.1, 0.15) is 5.75 Å². The molecule has 0 saturated carbocycles. The van der Waals surface area contributed by atoms with Gasteiger partial charge < -0.3 is 15.0 Å². The fourth-order valence-corrected chi connectivity index (χ4v) is 3.39. The van der Waals surface area contributed by atoms with Gasteiger partial charge in [-0.3, -0.25) is 4.79 Å².